The average molecular weight is 278 g/mol. The molecule has 2 aromatic rings. The number of aromatic nitrogens is 2. The van der Waals surface area contributed by atoms with E-state index >= 15 is 0 Å². The first kappa shape index (κ1) is 12.8. The van der Waals surface area contributed by atoms with Crippen molar-refractivity contribution in [2.75, 3.05) is 23.9 Å². The zero-order chi connectivity index (χ0) is 13.2. The van der Waals surface area contributed by atoms with Crippen molar-refractivity contribution in [1.82, 2.24) is 9.55 Å². The van der Waals surface area contributed by atoms with E-state index in [-0.39, 0.29) is 0 Å². The second-order valence-corrected chi connectivity index (χ2v) is 5.77. The minimum Gasteiger partial charge on any atom is -0.342 e. The number of hydrogen-bond acceptors (Lipinski definition) is 2. The van der Waals surface area contributed by atoms with E-state index in [1.54, 1.807) is 0 Å². The standard InChI is InChI=1S/C15H20ClN3/c1-18-14-7-3-2-6-13(14)17-15(18)19-10-4-5-12(11-19)8-9-16/h2-3,6-7,12H,4-5,8-11H2,1H3. The Morgan fingerprint density at radius 1 is 1.37 bits per heavy atom. The minimum atomic E-state index is 0.714. The van der Waals surface area contributed by atoms with Crippen LogP contribution >= 0.6 is 11.6 Å². The van der Waals surface area contributed by atoms with Crippen LogP contribution in [0.5, 0.6) is 0 Å². The van der Waals surface area contributed by atoms with Crippen LogP contribution in [0.25, 0.3) is 11.0 Å². The van der Waals surface area contributed by atoms with E-state index in [0.717, 1.165) is 36.9 Å². The predicted octanol–water partition coefficient (Wildman–Crippen LogP) is 3.42. The number of halogens is 1. The van der Waals surface area contributed by atoms with Crippen LogP contribution in [0.2, 0.25) is 0 Å². The van der Waals surface area contributed by atoms with E-state index < -0.39 is 0 Å². The fraction of sp³-hybridized carbons (Fsp3) is 0.533. The number of hydrogen-bond donors (Lipinski definition) is 0. The Balaban J connectivity index is 1.89. The van der Waals surface area contributed by atoms with Gasteiger partial charge in [-0.3, -0.25) is 0 Å². The molecule has 1 aromatic heterocycles. The largest absolute Gasteiger partial charge is 0.342 e. The summed E-state index contributed by atoms with van der Waals surface area (Å²) in [6, 6.07) is 8.33. The summed E-state index contributed by atoms with van der Waals surface area (Å²) >= 11 is 5.88. The highest BCUT2D eigenvalue weighted by Gasteiger charge is 2.23. The Morgan fingerprint density at radius 2 is 2.21 bits per heavy atom. The molecule has 1 atom stereocenters. The average Bonchev–Trinajstić information content (AvgIpc) is 2.78. The molecule has 4 heteroatoms. The Labute approximate surface area is 119 Å². The molecule has 2 heterocycles. The second-order valence-electron chi connectivity index (χ2n) is 5.39. The maximum Gasteiger partial charge on any atom is 0.206 e. The lowest BCUT2D eigenvalue weighted by molar-refractivity contribution is 0.401. The van der Waals surface area contributed by atoms with Gasteiger partial charge in [0.1, 0.15) is 0 Å². The monoisotopic (exact) mass is 277 g/mol. The van der Waals surface area contributed by atoms with E-state index in [9.17, 15) is 0 Å². The summed E-state index contributed by atoms with van der Waals surface area (Å²) < 4.78 is 2.21. The molecule has 1 saturated heterocycles. The van der Waals surface area contributed by atoms with Crippen LogP contribution in [0.15, 0.2) is 24.3 Å². The predicted molar refractivity (Wildman–Crippen MR) is 81.0 cm³/mol. The van der Waals surface area contributed by atoms with Gasteiger partial charge in [0.2, 0.25) is 5.95 Å². The summed E-state index contributed by atoms with van der Waals surface area (Å²) in [7, 11) is 2.11. The summed E-state index contributed by atoms with van der Waals surface area (Å²) in [5.74, 6) is 2.58. The lowest BCUT2D eigenvalue weighted by Crippen LogP contribution is -2.37. The van der Waals surface area contributed by atoms with Crippen LogP contribution in [0.1, 0.15) is 19.3 Å². The fourth-order valence-electron chi connectivity index (χ4n) is 3.05. The van der Waals surface area contributed by atoms with Crippen molar-refractivity contribution < 1.29 is 0 Å². The third-order valence-electron chi connectivity index (χ3n) is 4.08. The van der Waals surface area contributed by atoms with Crippen molar-refractivity contribution in [3.8, 4) is 0 Å². The van der Waals surface area contributed by atoms with Gasteiger partial charge in [-0.25, -0.2) is 4.98 Å². The maximum absolute atomic E-state index is 5.88. The van der Waals surface area contributed by atoms with Gasteiger partial charge in [-0.15, -0.1) is 11.6 Å². The van der Waals surface area contributed by atoms with Crippen LogP contribution < -0.4 is 4.90 Å². The SMILES string of the molecule is Cn1c(N2CCCC(CCCl)C2)nc2ccccc21. The minimum absolute atomic E-state index is 0.714. The molecule has 1 unspecified atom stereocenters. The zero-order valence-electron chi connectivity index (χ0n) is 11.3. The van der Waals surface area contributed by atoms with Crippen LogP contribution in [0.3, 0.4) is 0 Å². The number of aryl methyl sites for hydroxylation is 1. The van der Waals surface area contributed by atoms with E-state index in [1.165, 1.54) is 18.4 Å². The third kappa shape index (κ3) is 2.44. The molecule has 1 aromatic carbocycles. The smallest absolute Gasteiger partial charge is 0.206 e. The number of anilines is 1. The summed E-state index contributed by atoms with van der Waals surface area (Å²) in [6.07, 6.45) is 3.65. The third-order valence-corrected chi connectivity index (χ3v) is 4.30. The molecule has 3 nitrogen and oxygen atoms in total. The molecule has 0 radical (unpaired) electrons. The molecule has 0 amide bonds. The summed E-state index contributed by atoms with van der Waals surface area (Å²) in [5.41, 5.74) is 2.29. The number of rotatable bonds is 3. The van der Waals surface area contributed by atoms with Crippen molar-refractivity contribution in [3.63, 3.8) is 0 Å². The lowest BCUT2D eigenvalue weighted by atomic mass is 9.96. The molecule has 0 saturated carbocycles. The van der Waals surface area contributed by atoms with Gasteiger partial charge < -0.3 is 9.47 Å². The van der Waals surface area contributed by atoms with Crippen LogP contribution in [0.4, 0.5) is 5.95 Å². The summed E-state index contributed by atoms with van der Waals surface area (Å²) in [5, 5.41) is 0. The van der Waals surface area contributed by atoms with Crippen molar-refractivity contribution in [2.45, 2.75) is 19.3 Å². The number of imidazole rings is 1. The summed E-state index contributed by atoms with van der Waals surface area (Å²) in [4.78, 5) is 7.20. The first-order chi connectivity index (χ1) is 9.29. The van der Waals surface area contributed by atoms with Gasteiger partial charge in [0.15, 0.2) is 0 Å². The second kappa shape index (κ2) is 5.41. The number of alkyl halides is 1. The Bertz CT molecular complexity index is 562. The molecule has 0 N–H and O–H groups in total. The van der Waals surface area contributed by atoms with E-state index in [1.807, 2.05) is 6.07 Å². The van der Waals surface area contributed by atoms with Gasteiger partial charge >= 0.3 is 0 Å². The number of para-hydroxylation sites is 2. The normalized spacial score (nSPS) is 20.1. The van der Waals surface area contributed by atoms with E-state index in [4.69, 9.17) is 16.6 Å². The topological polar surface area (TPSA) is 21.1 Å². The van der Waals surface area contributed by atoms with Crippen LogP contribution in [-0.2, 0) is 7.05 Å². The van der Waals surface area contributed by atoms with Crippen LogP contribution in [-0.4, -0.2) is 28.5 Å². The molecule has 1 aliphatic heterocycles. The first-order valence-electron chi connectivity index (χ1n) is 7.02. The molecule has 0 aliphatic carbocycles. The van der Waals surface area contributed by atoms with E-state index in [2.05, 4.69) is 34.7 Å². The molecule has 0 spiro atoms. The molecule has 0 bridgehead atoms. The highest BCUT2D eigenvalue weighted by atomic mass is 35.5. The Hall–Kier alpha value is -1.22. The molecular weight excluding hydrogens is 258 g/mol. The highest BCUT2D eigenvalue weighted by molar-refractivity contribution is 6.17. The van der Waals surface area contributed by atoms with Gasteiger partial charge in [-0.2, -0.15) is 0 Å². The van der Waals surface area contributed by atoms with Crippen molar-refractivity contribution >= 4 is 28.6 Å². The Kier molecular flexibility index (Phi) is 3.65. The van der Waals surface area contributed by atoms with Gasteiger partial charge in [-0.1, -0.05) is 12.1 Å². The van der Waals surface area contributed by atoms with Crippen LogP contribution in [0, 0.1) is 5.92 Å². The van der Waals surface area contributed by atoms with Crippen molar-refractivity contribution in [2.24, 2.45) is 13.0 Å². The molecule has 102 valence electrons. The molecule has 19 heavy (non-hydrogen) atoms. The number of fused-ring (bicyclic) bond motifs is 1. The Morgan fingerprint density at radius 3 is 3.00 bits per heavy atom. The van der Waals surface area contributed by atoms with Gasteiger partial charge in [-0.05, 0) is 37.3 Å². The van der Waals surface area contributed by atoms with Crippen molar-refractivity contribution in [1.29, 1.82) is 0 Å². The number of benzene rings is 1. The van der Waals surface area contributed by atoms with E-state index in [0.29, 0.717) is 5.92 Å². The zero-order valence-corrected chi connectivity index (χ0v) is 12.1. The first-order valence-corrected chi connectivity index (χ1v) is 7.55. The molecule has 3 rings (SSSR count). The fourth-order valence-corrected chi connectivity index (χ4v) is 3.36. The van der Waals surface area contributed by atoms with Gasteiger partial charge in [0.05, 0.1) is 11.0 Å². The summed E-state index contributed by atoms with van der Waals surface area (Å²) in [6.45, 7) is 2.19. The molecular formula is C15H20ClN3. The quantitative estimate of drug-likeness (QED) is 0.802. The molecule has 1 fully saturated rings. The number of piperidine rings is 1. The lowest BCUT2D eigenvalue weighted by Gasteiger charge is -2.33. The van der Waals surface area contributed by atoms with Gasteiger partial charge in [0, 0.05) is 26.0 Å². The number of nitrogens with zero attached hydrogens (tertiary/aromatic N) is 3. The molecule has 1 aliphatic rings. The van der Waals surface area contributed by atoms with Crippen molar-refractivity contribution in [3.05, 3.63) is 24.3 Å². The highest BCUT2D eigenvalue weighted by Crippen LogP contribution is 2.27. The maximum atomic E-state index is 5.88. The van der Waals surface area contributed by atoms with Gasteiger partial charge in [0.25, 0.3) is 0 Å².